The zero-order valence-electron chi connectivity index (χ0n) is 20.3. The van der Waals surface area contributed by atoms with Gasteiger partial charge in [-0.25, -0.2) is 17.9 Å². The molecule has 0 saturated heterocycles. The van der Waals surface area contributed by atoms with Crippen LogP contribution in [0.25, 0.3) is 11.1 Å². The Hall–Kier alpha value is -3.61. The van der Waals surface area contributed by atoms with Crippen molar-refractivity contribution in [3.8, 4) is 22.9 Å². The summed E-state index contributed by atoms with van der Waals surface area (Å²) in [6, 6.07) is 15.8. The first-order valence-electron chi connectivity index (χ1n) is 11.3. The van der Waals surface area contributed by atoms with Gasteiger partial charge in [0.25, 0.3) is 0 Å². The van der Waals surface area contributed by atoms with Gasteiger partial charge in [0.1, 0.15) is 17.5 Å². The number of nitrogens with one attached hydrogen (secondary N) is 1. The quantitative estimate of drug-likeness (QED) is 0.428. The highest BCUT2D eigenvalue weighted by atomic mass is 32.2. The molecular formula is C26H29N3O5S. The van der Waals surface area contributed by atoms with Gasteiger partial charge in [0.05, 0.1) is 24.2 Å². The standard InChI is InChI=1S/C26H29N3O5S/c1-5-23-22(17-27)24(25(29(23)3)26(30)34-6-2)19-9-7-18(8-10-19)15-16-28-35(31,32)21-13-11-20(33-4)12-14-21/h7-14,28H,5-6,15-16H2,1-4H3. The van der Waals surface area contributed by atoms with Gasteiger partial charge in [0.15, 0.2) is 0 Å². The van der Waals surface area contributed by atoms with Crippen molar-refractivity contribution in [1.29, 1.82) is 5.26 Å². The molecule has 3 rings (SSSR count). The van der Waals surface area contributed by atoms with Crippen LogP contribution in [0.3, 0.4) is 0 Å². The minimum absolute atomic E-state index is 0.167. The van der Waals surface area contributed by atoms with Crippen LogP contribution in [0.2, 0.25) is 0 Å². The van der Waals surface area contributed by atoms with E-state index >= 15 is 0 Å². The van der Waals surface area contributed by atoms with E-state index in [9.17, 15) is 18.5 Å². The van der Waals surface area contributed by atoms with Gasteiger partial charge in [-0.15, -0.1) is 0 Å². The molecule has 0 aliphatic heterocycles. The lowest BCUT2D eigenvalue weighted by molar-refractivity contribution is 0.0516. The number of carbonyl (C=O) groups excluding carboxylic acids is 1. The maximum atomic E-state index is 12.7. The van der Waals surface area contributed by atoms with Crippen molar-refractivity contribution < 1.29 is 22.7 Å². The largest absolute Gasteiger partial charge is 0.497 e. The summed E-state index contributed by atoms with van der Waals surface area (Å²) in [5.41, 5.74) is 3.76. The van der Waals surface area contributed by atoms with Gasteiger partial charge in [-0.1, -0.05) is 31.2 Å². The van der Waals surface area contributed by atoms with Crippen LogP contribution in [0.5, 0.6) is 5.75 Å². The normalized spacial score (nSPS) is 11.2. The molecular weight excluding hydrogens is 466 g/mol. The highest BCUT2D eigenvalue weighted by molar-refractivity contribution is 7.89. The van der Waals surface area contributed by atoms with Crippen molar-refractivity contribution in [2.24, 2.45) is 7.05 Å². The van der Waals surface area contributed by atoms with Gasteiger partial charge < -0.3 is 14.0 Å². The Morgan fingerprint density at radius 3 is 2.29 bits per heavy atom. The van der Waals surface area contributed by atoms with Crippen LogP contribution < -0.4 is 9.46 Å². The van der Waals surface area contributed by atoms with Gasteiger partial charge in [-0.2, -0.15) is 5.26 Å². The van der Waals surface area contributed by atoms with Crippen LogP contribution >= 0.6 is 0 Å². The van der Waals surface area contributed by atoms with Crippen molar-refractivity contribution in [3.63, 3.8) is 0 Å². The first-order valence-corrected chi connectivity index (χ1v) is 12.8. The number of benzene rings is 2. The lowest BCUT2D eigenvalue weighted by Gasteiger charge is -2.10. The second kappa shape index (κ2) is 11.2. The number of rotatable bonds is 10. The van der Waals surface area contributed by atoms with Gasteiger partial charge in [-0.05, 0) is 55.2 Å². The molecule has 0 amide bonds. The van der Waals surface area contributed by atoms with E-state index in [1.165, 1.54) is 19.2 Å². The fourth-order valence-corrected chi connectivity index (χ4v) is 5.02. The minimum atomic E-state index is -3.64. The van der Waals surface area contributed by atoms with Gasteiger partial charge in [-0.3, -0.25) is 0 Å². The Balaban J connectivity index is 1.79. The van der Waals surface area contributed by atoms with Crippen LogP contribution in [-0.2, 0) is 34.6 Å². The van der Waals surface area contributed by atoms with Crippen molar-refractivity contribution in [1.82, 2.24) is 9.29 Å². The number of carbonyl (C=O) groups is 1. The van der Waals surface area contributed by atoms with E-state index < -0.39 is 16.0 Å². The zero-order valence-corrected chi connectivity index (χ0v) is 21.1. The van der Waals surface area contributed by atoms with Crippen LogP contribution in [0.1, 0.15) is 41.2 Å². The van der Waals surface area contributed by atoms with Crippen LogP contribution in [0.4, 0.5) is 0 Å². The fourth-order valence-electron chi connectivity index (χ4n) is 3.99. The highest BCUT2D eigenvalue weighted by Gasteiger charge is 2.26. The van der Waals surface area contributed by atoms with Crippen molar-refractivity contribution in [2.75, 3.05) is 20.3 Å². The van der Waals surface area contributed by atoms with E-state index in [0.717, 1.165) is 16.8 Å². The molecule has 0 fully saturated rings. The molecule has 2 aromatic carbocycles. The summed E-state index contributed by atoms with van der Waals surface area (Å²) in [7, 11) is -0.354. The topological polar surface area (TPSA) is 110 Å². The summed E-state index contributed by atoms with van der Waals surface area (Å²) in [6.45, 7) is 4.13. The van der Waals surface area contributed by atoms with E-state index in [4.69, 9.17) is 9.47 Å². The molecule has 0 unspecified atom stereocenters. The van der Waals surface area contributed by atoms with Crippen LogP contribution in [0.15, 0.2) is 53.4 Å². The Morgan fingerprint density at radius 1 is 1.09 bits per heavy atom. The number of nitrogens with zero attached hydrogens (tertiary/aromatic N) is 2. The smallest absolute Gasteiger partial charge is 0.355 e. The third-order valence-electron chi connectivity index (χ3n) is 5.75. The predicted octanol–water partition coefficient (Wildman–Crippen LogP) is 3.83. The van der Waals surface area contributed by atoms with Crippen molar-refractivity contribution in [3.05, 3.63) is 71.0 Å². The van der Waals surface area contributed by atoms with Gasteiger partial charge >= 0.3 is 5.97 Å². The molecule has 0 aliphatic rings. The molecule has 0 aliphatic carbocycles. The van der Waals surface area contributed by atoms with Crippen LogP contribution in [0, 0.1) is 11.3 Å². The molecule has 184 valence electrons. The number of sulfonamides is 1. The monoisotopic (exact) mass is 495 g/mol. The maximum Gasteiger partial charge on any atom is 0.355 e. The first-order chi connectivity index (χ1) is 16.8. The fraction of sp³-hybridized carbons (Fsp3) is 0.308. The molecule has 0 bridgehead atoms. The number of aromatic nitrogens is 1. The molecule has 1 N–H and O–H groups in total. The lowest BCUT2D eigenvalue weighted by Crippen LogP contribution is -2.25. The molecule has 9 heteroatoms. The first kappa shape index (κ1) is 26.0. The minimum Gasteiger partial charge on any atom is -0.497 e. The second-order valence-electron chi connectivity index (χ2n) is 7.81. The molecule has 0 atom stereocenters. The summed E-state index contributed by atoms with van der Waals surface area (Å²) in [5, 5.41) is 9.82. The molecule has 1 aromatic heterocycles. The number of nitriles is 1. The SMILES string of the molecule is CCOC(=O)c1c(-c2ccc(CCNS(=O)(=O)c3ccc(OC)cc3)cc2)c(C#N)c(CC)n1C. The third kappa shape index (κ3) is 5.56. The van der Waals surface area contributed by atoms with E-state index in [0.29, 0.717) is 35.4 Å². The average Bonchev–Trinajstić information content (AvgIpc) is 3.15. The molecule has 0 saturated carbocycles. The van der Waals surface area contributed by atoms with E-state index in [1.807, 2.05) is 31.2 Å². The van der Waals surface area contributed by atoms with Gasteiger partial charge in [0, 0.05) is 24.8 Å². The Bertz CT molecular complexity index is 1340. The zero-order chi connectivity index (χ0) is 25.6. The number of methoxy groups -OCH3 is 1. The summed E-state index contributed by atoms with van der Waals surface area (Å²) in [5.74, 6) is 0.109. The maximum absolute atomic E-state index is 12.7. The second-order valence-corrected chi connectivity index (χ2v) is 9.58. The lowest BCUT2D eigenvalue weighted by atomic mass is 9.98. The van der Waals surface area contributed by atoms with E-state index in [1.54, 1.807) is 30.7 Å². The Morgan fingerprint density at radius 2 is 1.74 bits per heavy atom. The average molecular weight is 496 g/mol. The summed E-state index contributed by atoms with van der Waals surface area (Å²) in [6.07, 6.45) is 1.07. The Labute approximate surface area is 206 Å². The highest BCUT2D eigenvalue weighted by Crippen LogP contribution is 2.33. The van der Waals surface area contributed by atoms with Crippen LogP contribution in [-0.4, -0.2) is 39.2 Å². The molecule has 3 aromatic rings. The molecule has 8 nitrogen and oxygen atoms in total. The number of esters is 1. The summed E-state index contributed by atoms with van der Waals surface area (Å²) < 4.78 is 39.7. The van der Waals surface area contributed by atoms with Crippen molar-refractivity contribution >= 4 is 16.0 Å². The van der Waals surface area contributed by atoms with E-state index in [2.05, 4.69) is 10.8 Å². The predicted molar refractivity (Wildman–Crippen MR) is 133 cm³/mol. The molecule has 0 radical (unpaired) electrons. The number of hydrogen-bond acceptors (Lipinski definition) is 6. The molecule has 1 heterocycles. The number of hydrogen-bond donors (Lipinski definition) is 1. The van der Waals surface area contributed by atoms with E-state index in [-0.39, 0.29) is 18.0 Å². The molecule has 35 heavy (non-hydrogen) atoms. The van der Waals surface area contributed by atoms with Gasteiger partial charge in [0.2, 0.25) is 10.0 Å². The van der Waals surface area contributed by atoms with Crippen molar-refractivity contribution in [2.45, 2.75) is 31.6 Å². The summed E-state index contributed by atoms with van der Waals surface area (Å²) in [4.78, 5) is 12.9. The number of ether oxygens (including phenoxy) is 2. The third-order valence-corrected chi connectivity index (χ3v) is 7.23. The summed E-state index contributed by atoms with van der Waals surface area (Å²) >= 11 is 0. The Kier molecular flexibility index (Phi) is 8.33. The molecule has 0 spiro atoms.